The molecule has 1 aliphatic heterocycles. The van der Waals surface area contributed by atoms with Crippen LogP contribution in [0.5, 0.6) is 0 Å². The highest BCUT2D eigenvalue weighted by molar-refractivity contribution is 5.87. The molecule has 0 spiro atoms. The van der Waals surface area contributed by atoms with Crippen molar-refractivity contribution in [3.05, 3.63) is 69.7 Å². The number of hydrazine groups is 1. The summed E-state index contributed by atoms with van der Waals surface area (Å²) in [7, 11) is 1.76. The Morgan fingerprint density at radius 3 is 2.47 bits per heavy atom. The van der Waals surface area contributed by atoms with Crippen LogP contribution in [0.1, 0.15) is 43.4 Å². The third kappa shape index (κ3) is 6.69. The van der Waals surface area contributed by atoms with E-state index in [1.807, 2.05) is 30.1 Å². The molecule has 4 rings (SSSR count). The van der Waals surface area contributed by atoms with Crippen LogP contribution in [0.15, 0.2) is 51.7 Å². The van der Waals surface area contributed by atoms with Gasteiger partial charge in [0.25, 0.3) is 5.91 Å². The molecule has 10 nitrogen and oxygen atoms in total. The number of carbonyl (C=O) groups is 2. The summed E-state index contributed by atoms with van der Waals surface area (Å²) < 4.78 is 5.13. The molecule has 0 unspecified atom stereocenters. The minimum atomic E-state index is -0.650. The van der Waals surface area contributed by atoms with E-state index >= 15 is 0 Å². The lowest BCUT2D eigenvalue weighted by Crippen LogP contribution is -2.48. The third-order valence-electron chi connectivity index (χ3n) is 6.79. The number of nitrogens with zero attached hydrogens (tertiary/aromatic N) is 4. The molecular weight excluding hydrogens is 484 g/mol. The first-order valence-electron chi connectivity index (χ1n) is 13.0. The molecule has 2 heterocycles. The second-order valence-electron chi connectivity index (χ2n) is 10.2. The highest BCUT2D eigenvalue weighted by atomic mass is 16.4. The van der Waals surface area contributed by atoms with Crippen molar-refractivity contribution in [2.24, 2.45) is 5.92 Å². The Kier molecular flexibility index (Phi) is 8.62. The molecule has 0 fully saturated rings. The third-order valence-corrected chi connectivity index (χ3v) is 6.79. The van der Waals surface area contributed by atoms with E-state index in [1.54, 1.807) is 29.1 Å². The number of aromatic nitrogens is 2. The van der Waals surface area contributed by atoms with Gasteiger partial charge in [-0.3, -0.25) is 14.6 Å². The van der Waals surface area contributed by atoms with E-state index in [0.29, 0.717) is 36.8 Å². The second kappa shape index (κ2) is 12.1. The fourth-order valence-electron chi connectivity index (χ4n) is 4.58. The summed E-state index contributed by atoms with van der Waals surface area (Å²) in [5.41, 5.74) is 4.55. The van der Waals surface area contributed by atoms with Gasteiger partial charge in [0.2, 0.25) is 11.8 Å². The predicted molar refractivity (Wildman–Crippen MR) is 145 cm³/mol. The number of aryl methyl sites for hydroxylation is 1. The van der Waals surface area contributed by atoms with Crippen molar-refractivity contribution >= 4 is 17.5 Å². The summed E-state index contributed by atoms with van der Waals surface area (Å²) in [6.07, 6.45) is 1.93. The molecule has 0 saturated heterocycles. The molecule has 2 amide bonds. The molecule has 1 aliphatic rings. The van der Waals surface area contributed by atoms with Gasteiger partial charge in [0.1, 0.15) is 0 Å². The normalized spacial score (nSPS) is 13.0. The van der Waals surface area contributed by atoms with Crippen LogP contribution in [0.3, 0.4) is 0 Å². The number of hydrogen-bond acceptors (Lipinski definition) is 7. The molecule has 0 aliphatic carbocycles. The summed E-state index contributed by atoms with van der Waals surface area (Å²) in [6, 6.07) is 13.6. The van der Waals surface area contributed by atoms with Crippen LogP contribution in [0, 0.1) is 12.8 Å². The number of H-pyrrole nitrogens is 1. The number of likely N-dealkylation sites (N-methyl/N-ethyl adjacent to an activating group) is 1. The maximum atomic E-state index is 13.5. The number of benzene rings is 2. The van der Waals surface area contributed by atoms with Crippen molar-refractivity contribution in [3.8, 4) is 11.5 Å². The molecule has 1 aromatic heterocycles. The van der Waals surface area contributed by atoms with Crippen molar-refractivity contribution in [1.82, 2.24) is 25.5 Å². The van der Waals surface area contributed by atoms with E-state index in [1.165, 1.54) is 11.1 Å². The van der Waals surface area contributed by atoms with Crippen molar-refractivity contribution in [2.75, 3.05) is 31.6 Å². The minimum Gasteiger partial charge on any atom is -0.388 e. The SMILES string of the molecule is Cc1ccc(-c2n[nH]c(=O)o2)cc1N(CC(=O)NCCCC(C)C)CC(=O)N(C)N1Cc2ccccc2C1. The Morgan fingerprint density at radius 2 is 1.84 bits per heavy atom. The zero-order valence-electron chi connectivity index (χ0n) is 22.5. The molecule has 10 heteroatoms. The number of hydrogen-bond donors (Lipinski definition) is 2. The molecule has 0 radical (unpaired) electrons. The molecule has 0 saturated carbocycles. The van der Waals surface area contributed by atoms with E-state index in [0.717, 1.165) is 18.4 Å². The van der Waals surface area contributed by atoms with Gasteiger partial charge >= 0.3 is 5.76 Å². The van der Waals surface area contributed by atoms with Gasteiger partial charge in [-0.2, -0.15) is 0 Å². The predicted octanol–water partition coefficient (Wildman–Crippen LogP) is 3.09. The van der Waals surface area contributed by atoms with E-state index in [2.05, 4.69) is 41.5 Å². The number of fused-ring (bicyclic) bond motifs is 1. The maximum absolute atomic E-state index is 13.5. The summed E-state index contributed by atoms with van der Waals surface area (Å²) >= 11 is 0. The Hall–Kier alpha value is -3.92. The van der Waals surface area contributed by atoms with Gasteiger partial charge in [-0.1, -0.05) is 44.2 Å². The lowest BCUT2D eigenvalue weighted by Gasteiger charge is -2.32. The van der Waals surface area contributed by atoms with E-state index in [-0.39, 0.29) is 30.8 Å². The molecule has 38 heavy (non-hydrogen) atoms. The van der Waals surface area contributed by atoms with Crippen LogP contribution in [0.4, 0.5) is 5.69 Å². The van der Waals surface area contributed by atoms with E-state index < -0.39 is 5.76 Å². The molecule has 202 valence electrons. The second-order valence-corrected chi connectivity index (χ2v) is 10.2. The van der Waals surface area contributed by atoms with Gasteiger partial charge in [-0.05, 0) is 54.5 Å². The van der Waals surface area contributed by atoms with Crippen LogP contribution < -0.4 is 16.0 Å². The maximum Gasteiger partial charge on any atom is 0.434 e. The summed E-state index contributed by atoms with van der Waals surface area (Å²) in [4.78, 5) is 39.7. The van der Waals surface area contributed by atoms with Gasteiger partial charge in [-0.25, -0.2) is 14.9 Å². The largest absolute Gasteiger partial charge is 0.434 e. The average Bonchev–Trinajstić information content (AvgIpc) is 3.52. The Balaban J connectivity index is 1.52. The molecule has 2 N–H and O–H groups in total. The van der Waals surface area contributed by atoms with Crippen LogP contribution in [-0.4, -0.2) is 58.7 Å². The average molecular weight is 521 g/mol. The van der Waals surface area contributed by atoms with Crippen LogP contribution >= 0.6 is 0 Å². The van der Waals surface area contributed by atoms with Crippen molar-refractivity contribution in [3.63, 3.8) is 0 Å². The zero-order chi connectivity index (χ0) is 27.2. The van der Waals surface area contributed by atoms with E-state index in [4.69, 9.17) is 4.42 Å². The number of rotatable bonds is 11. The van der Waals surface area contributed by atoms with Gasteiger partial charge in [0, 0.05) is 37.9 Å². The lowest BCUT2D eigenvalue weighted by molar-refractivity contribution is -0.145. The van der Waals surface area contributed by atoms with Gasteiger partial charge in [0.05, 0.1) is 13.1 Å². The molecule has 0 bridgehead atoms. The Labute approximate surface area is 222 Å². The van der Waals surface area contributed by atoms with Crippen LogP contribution in [-0.2, 0) is 22.7 Å². The first-order valence-corrected chi connectivity index (χ1v) is 13.0. The van der Waals surface area contributed by atoms with Gasteiger partial charge in [0.15, 0.2) is 0 Å². The first-order chi connectivity index (χ1) is 18.2. The van der Waals surface area contributed by atoms with Crippen molar-refractivity contribution in [2.45, 2.75) is 46.7 Å². The lowest BCUT2D eigenvalue weighted by atomic mass is 10.1. The molecular formula is C28H36N6O4. The number of anilines is 1. The number of carbonyl (C=O) groups excluding carboxylic acids is 2. The quantitative estimate of drug-likeness (QED) is 0.374. The fourth-order valence-corrected chi connectivity index (χ4v) is 4.58. The monoisotopic (exact) mass is 520 g/mol. The van der Waals surface area contributed by atoms with Crippen molar-refractivity contribution in [1.29, 1.82) is 0 Å². The van der Waals surface area contributed by atoms with Gasteiger partial charge in [-0.15, -0.1) is 5.10 Å². The Morgan fingerprint density at radius 1 is 1.13 bits per heavy atom. The highest BCUT2D eigenvalue weighted by Gasteiger charge is 2.27. The van der Waals surface area contributed by atoms with E-state index in [9.17, 15) is 14.4 Å². The molecule has 3 aromatic rings. The smallest absolute Gasteiger partial charge is 0.388 e. The summed E-state index contributed by atoms with van der Waals surface area (Å²) in [5, 5.41) is 12.8. The molecule has 2 aromatic carbocycles. The fraction of sp³-hybridized carbons (Fsp3) is 0.429. The topological polar surface area (TPSA) is 115 Å². The molecule has 0 atom stereocenters. The standard InChI is InChI=1S/C28H36N6O4/c1-19(2)8-7-13-29-25(35)17-33(24-14-21(12-11-20(24)3)27-30-31-28(37)38-27)18-26(36)32(4)34-15-22-9-5-6-10-23(22)16-34/h5-6,9-12,14,19H,7-8,13,15-18H2,1-4H3,(H,29,35)(H,31,37). The summed E-state index contributed by atoms with van der Waals surface area (Å²) in [5.74, 6) is -0.230. The number of nitrogens with one attached hydrogen (secondary N) is 2. The Bertz CT molecular complexity index is 1310. The number of aromatic amines is 1. The van der Waals surface area contributed by atoms with Crippen LogP contribution in [0.25, 0.3) is 11.5 Å². The zero-order valence-corrected chi connectivity index (χ0v) is 22.5. The minimum absolute atomic E-state index is 0.00241. The van der Waals surface area contributed by atoms with Gasteiger partial charge < -0.3 is 14.6 Å². The first kappa shape index (κ1) is 27.1. The van der Waals surface area contributed by atoms with Crippen molar-refractivity contribution < 1.29 is 14.0 Å². The number of amides is 2. The highest BCUT2D eigenvalue weighted by Crippen LogP contribution is 2.27. The summed E-state index contributed by atoms with van der Waals surface area (Å²) in [6.45, 7) is 8.13. The van der Waals surface area contributed by atoms with Crippen LogP contribution in [0.2, 0.25) is 0 Å².